The SMILES string of the molecule is Cc1ccc(F)cc1[C@H]1NC(=O)CC[C@]12C(=O)Nc1cc(Cl)ccc12.c1ccncc1. The highest BCUT2D eigenvalue weighted by molar-refractivity contribution is 6.31. The Morgan fingerprint density at radius 3 is 2.55 bits per heavy atom. The second kappa shape index (κ2) is 8.47. The first-order valence-electron chi connectivity index (χ1n) is 9.94. The summed E-state index contributed by atoms with van der Waals surface area (Å²) in [6.45, 7) is 1.85. The van der Waals surface area contributed by atoms with E-state index < -0.39 is 17.3 Å². The lowest BCUT2D eigenvalue weighted by atomic mass is 9.67. The lowest BCUT2D eigenvalue weighted by molar-refractivity contribution is -0.130. The fourth-order valence-corrected chi connectivity index (χ4v) is 4.46. The lowest BCUT2D eigenvalue weighted by Gasteiger charge is -2.41. The molecule has 5 nitrogen and oxygen atoms in total. The van der Waals surface area contributed by atoms with Gasteiger partial charge in [-0.25, -0.2) is 4.39 Å². The van der Waals surface area contributed by atoms with Gasteiger partial charge >= 0.3 is 0 Å². The highest BCUT2D eigenvalue weighted by Gasteiger charge is 2.55. The van der Waals surface area contributed by atoms with E-state index in [0.717, 1.165) is 11.1 Å². The van der Waals surface area contributed by atoms with Gasteiger partial charge in [0.2, 0.25) is 11.8 Å². The summed E-state index contributed by atoms with van der Waals surface area (Å²) in [5, 5.41) is 6.32. The van der Waals surface area contributed by atoms with Crippen molar-refractivity contribution in [1.82, 2.24) is 10.3 Å². The smallest absolute Gasteiger partial charge is 0.237 e. The molecule has 31 heavy (non-hydrogen) atoms. The average molecular weight is 438 g/mol. The number of nitrogens with one attached hydrogen (secondary N) is 2. The van der Waals surface area contributed by atoms with Crippen molar-refractivity contribution >= 4 is 29.1 Å². The topological polar surface area (TPSA) is 71.1 Å². The third kappa shape index (κ3) is 3.91. The zero-order chi connectivity index (χ0) is 22.0. The highest BCUT2D eigenvalue weighted by atomic mass is 35.5. The quantitative estimate of drug-likeness (QED) is 0.579. The number of hydrogen-bond donors (Lipinski definition) is 2. The molecule has 7 heteroatoms. The Morgan fingerprint density at radius 1 is 1.10 bits per heavy atom. The second-order valence-electron chi connectivity index (χ2n) is 7.64. The number of piperidine rings is 1. The van der Waals surface area contributed by atoms with Gasteiger partial charge in [0.25, 0.3) is 0 Å². The Labute approximate surface area is 184 Å². The molecule has 1 saturated heterocycles. The van der Waals surface area contributed by atoms with Crippen LogP contribution in [0.4, 0.5) is 10.1 Å². The van der Waals surface area contributed by atoms with Crippen molar-refractivity contribution in [2.75, 3.05) is 5.32 Å². The minimum atomic E-state index is -0.966. The standard InChI is InChI=1S/C19H16ClFN2O2.C5H5N/c1-10-2-4-12(21)9-13(10)17-19(7-6-16(24)23-17)14-5-3-11(20)8-15(14)22-18(19)25;1-2-4-6-5-3-1/h2-5,8-9,17H,6-7H2,1H3,(H,22,25)(H,23,24);1-5H/t17-,19-;/m1./s1. The maximum atomic E-state index is 13.9. The number of nitrogens with zero attached hydrogens (tertiary/aromatic N) is 1. The molecule has 0 radical (unpaired) electrons. The van der Waals surface area contributed by atoms with E-state index in [2.05, 4.69) is 15.6 Å². The summed E-state index contributed by atoms with van der Waals surface area (Å²) < 4.78 is 13.9. The first-order valence-corrected chi connectivity index (χ1v) is 10.3. The molecular weight excluding hydrogens is 417 g/mol. The van der Waals surface area contributed by atoms with Crippen molar-refractivity contribution in [3.05, 3.63) is 94.5 Å². The molecular formula is C24H21ClFN3O2. The molecule has 2 N–H and O–H groups in total. The number of carbonyl (C=O) groups excluding carboxylic acids is 2. The zero-order valence-corrected chi connectivity index (χ0v) is 17.6. The summed E-state index contributed by atoms with van der Waals surface area (Å²) in [5.74, 6) is -0.738. The van der Waals surface area contributed by atoms with Crippen LogP contribution in [0.5, 0.6) is 0 Å². The number of rotatable bonds is 1. The summed E-state index contributed by atoms with van der Waals surface area (Å²) in [7, 11) is 0. The van der Waals surface area contributed by atoms with Crippen molar-refractivity contribution in [3.63, 3.8) is 0 Å². The van der Waals surface area contributed by atoms with Crippen LogP contribution < -0.4 is 10.6 Å². The van der Waals surface area contributed by atoms with Gasteiger partial charge < -0.3 is 10.6 Å². The second-order valence-corrected chi connectivity index (χ2v) is 8.08. The zero-order valence-electron chi connectivity index (χ0n) is 16.9. The van der Waals surface area contributed by atoms with Gasteiger partial charge in [0.05, 0.1) is 6.04 Å². The van der Waals surface area contributed by atoms with Crippen molar-refractivity contribution in [2.24, 2.45) is 0 Å². The molecule has 1 spiro atoms. The van der Waals surface area contributed by atoms with Gasteiger partial charge in [0, 0.05) is 29.5 Å². The Hall–Kier alpha value is -3.25. The predicted molar refractivity (Wildman–Crippen MR) is 117 cm³/mol. The summed E-state index contributed by atoms with van der Waals surface area (Å²) >= 11 is 6.05. The first kappa shape index (κ1) is 21.0. The lowest BCUT2D eigenvalue weighted by Crippen LogP contribution is -2.52. The molecule has 0 unspecified atom stereocenters. The van der Waals surface area contributed by atoms with Gasteiger partial charge in [-0.05, 0) is 66.4 Å². The van der Waals surface area contributed by atoms with E-state index in [-0.39, 0.29) is 18.2 Å². The molecule has 3 aromatic rings. The van der Waals surface area contributed by atoms with Crippen LogP contribution in [0, 0.1) is 12.7 Å². The van der Waals surface area contributed by atoms with E-state index in [9.17, 15) is 14.0 Å². The number of amides is 2. The predicted octanol–water partition coefficient (Wildman–Crippen LogP) is 4.71. The van der Waals surface area contributed by atoms with E-state index in [1.165, 1.54) is 12.1 Å². The average Bonchev–Trinajstić information content (AvgIpc) is 3.04. The maximum absolute atomic E-state index is 13.9. The number of aromatic nitrogens is 1. The minimum absolute atomic E-state index is 0.144. The Balaban J connectivity index is 0.000000334. The Morgan fingerprint density at radius 2 is 1.87 bits per heavy atom. The third-order valence-corrected chi connectivity index (χ3v) is 6.01. The molecule has 158 valence electrons. The summed E-state index contributed by atoms with van der Waals surface area (Å²) in [4.78, 5) is 28.9. The number of aryl methyl sites for hydroxylation is 1. The van der Waals surface area contributed by atoms with Crippen LogP contribution in [-0.2, 0) is 15.0 Å². The molecule has 1 aromatic heterocycles. The van der Waals surface area contributed by atoms with Gasteiger partial charge in [0.15, 0.2) is 0 Å². The van der Waals surface area contributed by atoms with Crippen molar-refractivity contribution in [2.45, 2.75) is 31.2 Å². The molecule has 5 rings (SSSR count). The van der Waals surface area contributed by atoms with Crippen LogP contribution in [0.25, 0.3) is 0 Å². The number of halogens is 2. The number of fused-ring (bicyclic) bond motifs is 2. The molecule has 2 aliphatic rings. The molecule has 2 aromatic carbocycles. The summed E-state index contributed by atoms with van der Waals surface area (Å²) in [6.07, 6.45) is 4.10. The van der Waals surface area contributed by atoms with E-state index in [4.69, 9.17) is 11.6 Å². The van der Waals surface area contributed by atoms with Gasteiger partial charge in [0.1, 0.15) is 11.2 Å². The Kier molecular flexibility index (Phi) is 5.74. The monoisotopic (exact) mass is 437 g/mol. The maximum Gasteiger partial charge on any atom is 0.237 e. The summed E-state index contributed by atoms with van der Waals surface area (Å²) in [6, 6.07) is 14.8. The molecule has 2 aliphatic heterocycles. The van der Waals surface area contributed by atoms with Crippen LogP contribution >= 0.6 is 11.6 Å². The van der Waals surface area contributed by atoms with Crippen LogP contribution in [0.15, 0.2) is 67.0 Å². The van der Waals surface area contributed by atoms with Crippen LogP contribution in [-0.4, -0.2) is 16.8 Å². The van der Waals surface area contributed by atoms with Crippen LogP contribution in [0.2, 0.25) is 5.02 Å². The van der Waals surface area contributed by atoms with Gasteiger partial charge in [-0.2, -0.15) is 0 Å². The molecule has 0 saturated carbocycles. The minimum Gasteiger partial charge on any atom is -0.348 e. The van der Waals surface area contributed by atoms with Crippen LogP contribution in [0.3, 0.4) is 0 Å². The third-order valence-electron chi connectivity index (χ3n) is 5.78. The molecule has 3 heterocycles. The molecule has 0 bridgehead atoms. The van der Waals surface area contributed by atoms with E-state index in [0.29, 0.717) is 22.7 Å². The molecule has 2 amide bonds. The Bertz CT molecular complexity index is 1110. The van der Waals surface area contributed by atoms with E-state index in [1.807, 2.05) is 31.2 Å². The molecule has 2 atom stereocenters. The van der Waals surface area contributed by atoms with Gasteiger partial charge in [-0.15, -0.1) is 0 Å². The van der Waals surface area contributed by atoms with Crippen molar-refractivity contribution in [3.8, 4) is 0 Å². The molecule has 0 aliphatic carbocycles. The van der Waals surface area contributed by atoms with Crippen molar-refractivity contribution in [1.29, 1.82) is 0 Å². The fraction of sp³-hybridized carbons (Fsp3) is 0.208. The highest BCUT2D eigenvalue weighted by Crippen LogP contribution is 2.51. The summed E-state index contributed by atoms with van der Waals surface area (Å²) in [5.41, 5.74) is 1.91. The number of hydrogen-bond acceptors (Lipinski definition) is 3. The molecule has 1 fully saturated rings. The number of carbonyl (C=O) groups is 2. The van der Waals surface area contributed by atoms with Gasteiger partial charge in [-0.3, -0.25) is 14.6 Å². The van der Waals surface area contributed by atoms with E-state index >= 15 is 0 Å². The fourth-order valence-electron chi connectivity index (χ4n) is 4.29. The van der Waals surface area contributed by atoms with Crippen LogP contribution in [0.1, 0.15) is 35.6 Å². The number of benzene rings is 2. The number of pyridine rings is 1. The normalized spacial score (nSPS) is 21.6. The van der Waals surface area contributed by atoms with Crippen molar-refractivity contribution < 1.29 is 14.0 Å². The largest absolute Gasteiger partial charge is 0.348 e. The number of anilines is 1. The van der Waals surface area contributed by atoms with Gasteiger partial charge in [-0.1, -0.05) is 29.8 Å². The van der Waals surface area contributed by atoms with E-state index in [1.54, 1.807) is 30.6 Å². The first-order chi connectivity index (χ1) is 14.9.